The fraction of sp³-hybridized carbons (Fsp3) is 0.368. The fourth-order valence-corrected chi connectivity index (χ4v) is 2.81. The van der Waals surface area contributed by atoms with Crippen molar-refractivity contribution in [3.05, 3.63) is 48.0 Å². The third-order valence-electron chi connectivity index (χ3n) is 4.11. The van der Waals surface area contributed by atoms with Gasteiger partial charge in [0.1, 0.15) is 11.9 Å². The van der Waals surface area contributed by atoms with Gasteiger partial charge in [-0.3, -0.25) is 0 Å². The van der Waals surface area contributed by atoms with E-state index < -0.39 is 0 Å². The molecule has 1 atom stereocenters. The van der Waals surface area contributed by atoms with E-state index >= 15 is 0 Å². The average molecular weight is 328 g/mol. The van der Waals surface area contributed by atoms with E-state index in [-0.39, 0.29) is 6.10 Å². The normalized spacial score (nSPS) is 15.8. The number of benzene rings is 2. The summed E-state index contributed by atoms with van der Waals surface area (Å²) in [6.07, 6.45) is 1.07. The second-order valence-electron chi connectivity index (χ2n) is 5.76. The maximum absolute atomic E-state index is 5.99. The van der Waals surface area contributed by atoms with E-state index in [9.17, 15) is 0 Å². The van der Waals surface area contributed by atoms with Crippen LogP contribution in [0.4, 0.5) is 5.69 Å². The predicted molar refractivity (Wildman–Crippen MR) is 95.5 cm³/mol. The van der Waals surface area contributed by atoms with Gasteiger partial charge in [-0.1, -0.05) is 18.2 Å². The average Bonchev–Trinajstić information content (AvgIpc) is 2.65. The predicted octanol–water partition coefficient (Wildman–Crippen LogP) is 2.71. The van der Waals surface area contributed by atoms with Crippen LogP contribution in [0.25, 0.3) is 0 Å². The Morgan fingerprint density at radius 2 is 1.96 bits per heavy atom. The fourth-order valence-electron chi connectivity index (χ4n) is 2.81. The molecule has 0 fully saturated rings. The molecule has 1 heterocycles. The van der Waals surface area contributed by atoms with Gasteiger partial charge in [0, 0.05) is 6.54 Å². The zero-order valence-corrected chi connectivity index (χ0v) is 14.2. The zero-order valence-electron chi connectivity index (χ0n) is 14.2. The number of nitrogens with one attached hydrogen (secondary N) is 2. The lowest BCUT2D eigenvalue weighted by molar-refractivity contribution is 0.202. The van der Waals surface area contributed by atoms with Gasteiger partial charge < -0.3 is 24.8 Å². The maximum Gasteiger partial charge on any atom is 0.160 e. The summed E-state index contributed by atoms with van der Waals surface area (Å²) in [5.41, 5.74) is 2.28. The zero-order chi connectivity index (χ0) is 16.8. The summed E-state index contributed by atoms with van der Waals surface area (Å²) in [4.78, 5) is 0. The molecule has 0 saturated carbocycles. The molecule has 0 spiro atoms. The van der Waals surface area contributed by atoms with E-state index in [4.69, 9.17) is 14.2 Å². The lowest BCUT2D eigenvalue weighted by Crippen LogP contribution is -2.40. The van der Waals surface area contributed by atoms with E-state index in [0.29, 0.717) is 0 Å². The molecular formula is C19H24N2O3. The molecule has 5 nitrogen and oxygen atoms in total. The van der Waals surface area contributed by atoms with Crippen molar-refractivity contribution < 1.29 is 14.2 Å². The molecule has 2 aromatic carbocycles. The second kappa shape index (κ2) is 7.93. The minimum Gasteiger partial charge on any atom is -0.493 e. The molecule has 0 saturated heterocycles. The van der Waals surface area contributed by atoms with Gasteiger partial charge in [-0.2, -0.15) is 0 Å². The lowest BCUT2D eigenvalue weighted by Gasteiger charge is -2.27. The van der Waals surface area contributed by atoms with Crippen LogP contribution in [0.5, 0.6) is 17.2 Å². The molecule has 0 bridgehead atoms. The van der Waals surface area contributed by atoms with Gasteiger partial charge >= 0.3 is 0 Å². The maximum atomic E-state index is 5.99. The van der Waals surface area contributed by atoms with Crippen LogP contribution in [0.2, 0.25) is 0 Å². The summed E-state index contributed by atoms with van der Waals surface area (Å²) < 4.78 is 16.6. The van der Waals surface area contributed by atoms with Gasteiger partial charge in [0.25, 0.3) is 0 Å². The first-order valence-corrected chi connectivity index (χ1v) is 8.21. The molecule has 1 unspecified atom stereocenters. The number of methoxy groups -OCH3 is 2. The summed E-state index contributed by atoms with van der Waals surface area (Å²) in [5, 5.41) is 6.87. The number of hydrogen-bond donors (Lipinski definition) is 2. The molecule has 128 valence electrons. The molecule has 1 aliphatic heterocycles. The van der Waals surface area contributed by atoms with E-state index in [1.165, 1.54) is 5.56 Å². The van der Waals surface area contributed by atoms with Crippen LogP contribution in [0.3, 0.4) is 0 Å². The van der Waals surface area contributed by atoms with E-state index in [1.54, 1.807) is 14.2 Å². The first-order chi connectivity index (χ1) is 11.8. The minimum atomic E-state index is 0.144. The number of rotatable bonds is 7. The van der Waals surface area contributed by atoms with Crippen molar-refractivity contribution in [1.82, 2.24) is 5.32 Å². The van der Waals surface area contributed by atoms with Crippen LogP contribution < -0.4 is 24.8 Å². The second-order valence-corrected chi connectivity index (χ2v) is 5.76. The molecule has 0 radical (unpaired) electrons. The number of anilines is 1. The Balaban J connectivity index is 1.45. The highest BCUT2D eigenvalue weighted by Crippen LogP contribution is 2.28. The van der Waals surface area contributed by atoms with Gasteiger partial charge in [-0.15, -0.1) is 0 Å². The third kappa shape index (κ3) is 3.92. The smallest absolute Gasteiger partial charge is 0.160 e. The molecule has 3 rings (SSSR count). The quantitative estimate of drug-likeness (QED) is 0.766. The van der Waals surface area contributed by atoms with Gasteiger partial charge in [0.2, 0.25) is 0 Å². The van der Waals surface area contributed by atoms with Crippen molar-refractivity contribution in [2.75, 3.05) is 39.2 Å². The Morgan fingerprint density at radius 1 is 1.12 bits per heavy atom. The molecule has 24 heavy (non-hydrogen) atoms. The molecule has 1 aliphatic rings. The highest BCUT2D eigenvalue weighted by molar-refractivity contribution is 5.57. The molecule has 2 N–H and O–H groups in total. The Morgan fingerprint density at radius 3 is 2.79 bits per heavy atom. The van der Waals surface area contributed by atoms with E-state index in [1.807, 2.05) is 36.4 Å². The molecule has 0 aliphatic carbocycles. The first kappa shape index (κ1) is 16.5. The van der Waals surface area contributed by atoms with Gasteiger partial charge in [-0.25, -0.2) is 0 Å². The number of ether oxygens (including phenoxy) is 3. The van der Waals surface area contributed by atoms with Gasteiger partial charge in [0.15, 0.2) is 11.5 Å². The largest absolute Gasteiger partial charge is 0.493 e. The van der Waals surface area contributed by atoms with Crippen molar-refractivity contribution in [1.29, 1.82) is 0 Å². The van der Waals surface area contributed by atoms with Crippen LogP contribution in [-0.2, 0) is 6.42 Å². The molecular weight excluding hydrogens is 304 g/mol. The van der Waals surface area contributed by atoms with Gasteiger partial charge in [-0.05, 0) is 42.8 Å². The standard InChI is InChI=1S/C19H24N2O3/c1-22-18-8-7-14(11-19(18)23-2)9-10-20-12-15-13-21-16-5-3-4-6-17(16)24-15/h3-8,11,15,20-21H,9-10,12-13H2,1-2H3. The lowest BCUT2D eigenvalue weighted by atomic mass is 10.1. The summed E-state index contributed by atoms with van der Waals surface area (Å²) in [6, 6.07) is 14.1. The third-order valence-corrected chi connectivity index (χ3v) is 4.11. The SMILES string of the molecule is COc1ccc(CCNCC2CNc3ccccc3O2)cc1OC. The molecule has 0 aromatic heterocycles. The van der Waals surface area contributed by atoms with Crippen LogP contribution in [0, 0.1) is 0 Å². The highest BCUT2D eigenvalue weighted by Gasteiger charge is 2.17. The van der Waals surface area contributed by atoms with Gasteiger partial charge in [0.05, 0.1) is 26.5 Å². The van der Waals surface area contributed by atoms with Crippen molar-refractivity contribution in [3.63, 3.8) is 0 Å². The number of para-hydroxylation sites is 2. The summed E-state index contributed by atoms with van der Waals surface area (Å²) >= 11 is 0. The molecule has 2 aromatic rings. The number of hydrogen-bond acceptors (Lipinski definition) is 5. The topological polar surface area (TPSA) is 51.8 Å². The Bertz CT molecular complexity index is 675. The van der Waals surface area contributed by atoms with Crippen LogP contribution >= 0.6 is 0 Å². The van der Waals surface area contributed by atoms with Crippen LogP contribution in [-0.4, -0.2) is 40.0 Å². The monoisotopic (exact) mass is 328 g/mol. The summed E-state index contributed by atoms with van der Waals surface area (Å²) in [5.74, 6) is 2.46. The Labute approximate surface area is 142 Å². The first-order valence-electron chi connectivity index (χ1n) is 8.21. The van der Waals surface area contributed by atoms with Crippen LogP contribution in [0.15, 0.2) is 42.5 Å². The molecule has 0 amide bonds. The van der Waals surface area contributed by atoms with Crippen LogP contribution in [0.1, 0.15) is 5.56 Å². The Hall–Kier alpha value is -2.40. The van der Waals surface area contributed by atoms with Crippen molar-refractivity contribution >= 4 is 5.69 Å². The van der Waals surface area contributed by atoms with E-state index in [2.05, 4.69) is 16.7 Å². The molecule has 5 heteroatoms. The van der Waals surface area contributed by atoms with E-state index in [0.717, 1.165) is 49.0 Å². The Kier molecular flexibility index (Phi) is 5.43. The summed E-state index contributed by atoms with van der Waals surface area (Å²) in [6.45, 7) is 2.52. The minimum absolute atomic E-state index is 0.144. The van der Waals surface area contributed by atoms with Crippen molar-refractivity contribution in [2.24, 2.45) is 0 Å². The van der Waals surface area contributed by atoms with Crippen molar-refractivity contribution in [2.45, 2.75) is 12.5 Å². The van der Waals surface area contributed by atoms with Crippen molar-refractivity contribution in [3.8, 4) is 17.2 Å². The summed E-state index contributed by atoms with van der Waals surface area (Å²) in [7, 11) is 3.31. The number of fused-ring (bicyclic) bond motifs is 1. The highest BCUT2D eigenvalue weighted by atomic mass is 16.5.